The van der Waals surface area contributed by atoms with Gasteiger partial charge in [0.15, 0.2) is 5.60 Å². The number of benzene rings is 2. The van der Waals surface area contributed by atoms with E-state index < -0.39 is 11.5 Å². The Morgan fingerprint density at radius 1 is 0.917 bits per heavy atom. The SMILES string of the molecule is Cc1ncccc1NC(=O)C(O)(c1ccccc1)c1ccccc1. The minimum absolute atomic E-state index is 0.509. The Labute approximate surface area is 140 Å². The van der Waals surface area contributed by atoms with Crippen molar-refractivity contribution in [2.24, 2.45) is 0 Å². The van der Waals surface area contributed by atoms with Gasteiger partial charge in [-0.2, -0.15) is 0 Å². The molecule has 0 unspecified atom stereocenters. The molecule has 0 atom stereocenters. The number of hydrogen-bond donors (Lipinski definition) is 2. The molecule has 3 aromatic rings. The Hall–Kier alpha value is -2.98. The van der Waals surface area contributed by atoms with Crippen molar-refractivity contribution >= 4 is 11.6 Å². The molecule has 4 nitrogen and oxygen atoms in total. The molecule has 0 aliphatic carbocycles. The molecular weight excluding hydrogens is 300 g/mol. The summed E-state index contributed by atoms with van der Waals surface area (Å²) in [5, 5.41) is 14.1. The summed E-state index contributed by atoms with van der Waals surface area (Å²) in [4.78, 5) is 17.2. The van der Waals surface area contributed by atoms with Gasteiger partial charge in [-0.05, 0) is 30.2 Å². The zero-order chi connectivity index (χ0) is 17.0. The smallest absolute Gasteiger partial charge is 0.265 e. The Bertz CT molecular complexity index is 793. The molecule has 0 spiro atoms. The Balaban J connectivity index is 2.06. The first kappa shape index (κ1) is 15.9. The molecule has 4 heteroatoms. The monoisotopic (exact) mass is 318 g/mol. The van der Waals surface area contributed by atoms with E-state index in [1.165, 1.54) is 0 Å². The number of nitrogens with zero attached hydrogens (tertiary/aromatic N) is 1. The Morgan fingerprint density at radius 3 is 1.96 bits per heavy atom. The highest BCUT2D eigenvalue weighted by Gasteiger charge is 2.40. The van der Waals surface area contributed by atoms with E-state index in [2.05, 4.69) is 10.3 Å². The van der Waals surface area contributed by atoms with Crippen molar-refractivity contribution in [3.8, 4) is 0 Å². The first-order valence-corrected chi connectivity index (χ1v) is 7.69. The molecule has 0 bridgehead atoms. The van der Waals surface area contributed by atoms with Crippen molar-refractivity contribution in [2.45, 2.75) is 12.5 Å². The molecule has 120 valence electrons. The van der Waals surface area contributed by atoms with Crippen molar-refractivity contribution in [3.05, 3.63) is 95.8 Å². The third kappa shape index (κ3) is 2.92. The second-order valence-electron chi connectivity index (χ2n) is 5.53. The van der Waals surface area contributed by atoms with Crippen LogP contribution in [0.3, 0.4) is 0 Å². The standard InChI is InChI=1S/C20H18N2O2/c1-15-18(13-8-14-21-15)22-19(23)20(24,16-9-4-2-5-10-16)17-11-6-3-7-12-17/h2-14,24H,1H3,(H,22,23). The van der Waals surface area contributed by atoms with E-state index in [1.54, 1.807) is 73.8 Å². The molecule has 0 fully saturated rings. The number of carbonyl (C=O) groups excluding carboxylic acids is 1. The molecule has 0 aliphatic rings. The average Bonchev–Trinajstić information content (AvgIpc) is 2.64. The highest BCUT2D eigenvalue weighted by Crippen LogP contribution is 2.31. The summed E-state index contributed by atoms with van der Waals surface area (Å²) < 4.78 is 0. The fourth-order valence-electron chi connectivity index (χ4n) is 2.62. The van der Waals surface area contributed by atoms with Crippen LogP contribution < -0.4 is 5.32 Å². The summed E-state index contributed by atoms with van der Waals surface area (Å²) in [6.07, 6.45) is 1.66. The number of anilines is 1. The third-order valence-corrected chi connectivity index (χ3v) is 3.97. The normalized spacial score (nSPS) is 11.1. The average molecular weight is 318 g/mol. The van der Waals surface area contributed by atoms with Gasteiger partial charge in [-0.15, -0.1) is 0 Å². The Kier molecular flexibility index (Phi) is 4.40. The zero-order valence-corrected chi connectivity index (χ0v) is 13.3. The Morgan fingerprint density at radius 2 is 1.46 bits per heavy atom. The van der Waals surface area contributed by atoms with Crippen LogP contribution in [0.5, 0.6) is 0 Å². The summed E-state index contributed by atoms with van der Waals surface area (Å²) in [5.41, 5.74) is 0.498. The van der Waals surface area contributed by atoms with Gasteiger partial charge >= 0.3 is 0 Å². The zero-order valence-electron chi connectivity index (χ0n) is 13.3. The van der Waals surface area contributed by atoms with Crippen LogP contribution in [0.15, 0.2) is 79.0 Å². The van der Waals surface area contributed by atoms with Crippen LogP contribution in [0.1, 0.15) is 16.8 Å². The van der Waals surface area contributed by atoms with Gasteiger partial charge in [0.25, 0.3) is 5.91 Å². The number of nitrogens with one attached hydrogen (secondary N) is 1. The molecule has 0 aliphatic heterocycles. The molecule has 1 amide bonds. The van der Waals surface area contributed by atoms with Crippen LogP contribution >= 0.6 is 0 Å². The van der Waals surface area contributed by atoms with Gasteiger partial charge in [0, 0.05) is 6.20 Å². The first-order chi connectivity index (χ1) is 11.6. The van der Waals surface area contributed by atoms with Crippen molar-refractivity contribution < 1.29 is 9.90 Å². The van der Waals surface area contributed by atoms with Crippen molar-refractivity contribution in [1.82, 2.24) is 4.98 Å². The van der Waals surface area contributed by atoms with E-state index in [9.17, 15) is 9.90 Å². The number of pyridine rings is 1. The van der Waals surface area contributed by atoms with Gasteiger partial charge in [0.2, 0.25) is 0 Å². The molecular formula is C20H18N2O2. The number of aryl methyl sites for hydroxylation is 1. The lowest BCUT2D eigenvalue weighted by atomic mass is 9.85. The molecule has 0 radical (unpaired) electrons. The fraction of sp³-hybridized carbons (Fsp3) is 0.100. The summed E-state index contributed by atoms with van der Waals surface area (Å²) >= 11 is 0. The molecule has 0 saturated carbocycles. The van der Waals surface area contributed by atoms with Gasteiger partial charge < -0.3 is 10.4 Å². The van der Waals surface area contributed by atoms with E-state index >= 15 is 0 Å². The minimum atomic E-state index is -1.79. The van der Waals surface area contributed by atoms with Crippen molar-refractivity contribution in [1.29, 1.82) is 0 Å². The van der Waals surface area contributed by atoms with Gasteiger partial charge in [-0.3, -0.25) is 9.78 Å². The second-order valence-corrected chi connectivity index (χ2v) is 5.53. The van der Waals surface area contributed by atoms with E-state index in [0.29, 0.717) is 22.5 Å². The molecule has 2 N–H and O–H groups in total. The number of hydrogen-bond acceptors (Lipinski definition) is 3. The quantitative estimate of drug-likeness (QED) is 0.776. The molecule has 2 aromatic carbocycles. The largest absolute Gasteiger partial charge is 0.372 e. The highest BCUT2D eigenvalue weighted by atomic mass is 16.3. The van der Waals surface area contributed by atoms with E-state index in [-0.39, 0.29) is 0 Å². The number of carbonyl (C=O) groups is 1. The minimum Gasteiger partial charge on any atom is -0.372 e. The number of rotatable bonds is 4. The van der Waals surface area contributed by atoms with Crippen LogP contribution in [0.2, 0.25) is 0 Å². The van der Waals surface area contributed by atoms with E-state index in [4.69, 9.17) is 0 Å². The van der Waals surface area contributed by atoms with Gasteiger partial charge in [0.05, 0.1) is 11.4 Å². The second kappa shape index (κ2) is 6.64. The van der Waals surface area contributed by atoms with Gasteiger partial charge in [-0.25, -0.2) is 0 Å². The fourth-order valence-corrected chi connectivity index (χ4v) is 2.62. The predicted molar refractivity (Wildman–Crippen MR) is 93.5 cm³/mol. The maximum absolute atomic E-state index is 13.0. The van der Waals surface area contributed by atoms with Gasteiger partial charge in [-0.1, -0.05) is 60.7 Å². The van der Waals surface area contributed by atoms with E-state index in [0.717, 1.165) is 0 Å². The van der Waals surface area contributed by atoms with Crippen molar-refractivity contribution in [3.63, 3.8) is 0 Å². The van der Waals surface area contributed by atoms with Crippen molar-refractivity contribution in [2.75, 3.05) is 5.32 Å². The molecule has 1 heterocycles. The predicted octanol–water partition coefficient (Wildman–Crippen LogP) is 3.26. The summed E-state index contributed by atoms with van der Waals surface area (Å²) in [6.45, 7) is 1.81. The van der Waals surface area contributed by atoms with Gasteiger partial charge in [0.1, 0.15) is 0 Å². The van der Waals surface area contributed by atoms with Crippen LogP contribution in [-0.2, 0) is 10.4 Å². The number of amides is 1. The lowest BCUT2D eigenvalue weighted by Crippen LogP contribution is -2.41. The van der Waals surface area contributed by atoms with Crippen LogP contribution in [0.25, 0.3) is 0 Å². The molecule has 0 saturated heterocycles. The van der Waals surface area contributed by atoms with Crippen LogP contribution in [-0.4, -0.2) is 16.0 Å². The summed E-state index contributed by atoms with van der Waals surface area (Å²) in [5.74, 6) is -0.518. The summed E-state index contributed by atoms with van der Waals surface area (Å²) in [6, 6.07) is 21.3. The molecule has 3 rings (SSSR count). The highest BCUT2D eigenvalue weighted by molar-refractivity contribution is 6.00. The maximum atomic E-state index is 13.0. The number of aliphatic hydroxyl groups is 1. The third-order valence-electron chi connectivity index (χ3n) is 3.97. The lowest BCUT2D eigenvalue weighted by Gasteiger charge is -2.28. The van der Waals surface area contributed by atoms with Crippen LogP contribution in [0.4, 0.5) is 5.69 Å². The van der Waals surface area contributed by atoms with E-state index in [1.807, 2.05) is 12.1 Å². The lowest BCUT2D eigenvalue weighted by molar-refractivity contribution is -0.131. The topological polar surface area (TPSA) is 62.2 Å². The maximum Gasteiger partial charge on any atom is 0.265 e. The number of aromatic nitrogens is 1. The van der Waals surface area contributed by atoms with Crippen LogP contribution in [0, 0.1) is 6.92 Å². The molecule has 24 heavy (non-hydrogen) atoms. The summed E-state index contributed by atoms with van der Waals surface area (Å²) in [7, 11) is 0. The first-order valence-electron chi connectivity index (χ1n) is 7.69. The molecule has 1 aromatic heterocycles.